The van der Waals surface area contributed by atoms with E-state index in [4.69, 9.17) is 36.5 Å². The number of H-pyrrole nitrogens is 1. The monoisotopic (exact) mass is 874 g/mol. The number of benzene rings is 2. The molecule has 17 heteroatoms. The van der Waals surface area contributed by atoms with Gasteiger partial charge < -0.3 is 43.0 Å². The van der Waals surface area contributed by atoms with Gasteiger partial charge in [-0.1, -0.05) is 55.8 Å². The Kier molecular flexibility index (Phi) is 11.0. The van der Waals surface area contributed by atoms with Gasteiger partial charge in [0, 0.05) is 101 Å². The molecule has 0 amide bonds. The Morgan fingerprint density at radius 2 is 1.71 bits per heavy atom. The zero-order chi connectivity index (χ0) is 44.7. The molecule has 5 aliphatic heterocycles. The molecule has 3 aromatic rings. The Morgan fingerprint density at radius 1 is 1.00 bits per heavy atom. The van der Waals surface area contributed by atoms with E-state index >= 15 is 4.79 Å². The predicted octanol–water partition coefficient (Wildman–Crippen LogP) is 3.42. The number of methoxy groups -OCH3 is 3. The van der Waals surface area contributed by atoms with Crippen LogP contribution in [-0.2, 0) is 56.4 Å². The van der Waals surface area contributed by atoms with Crippen LogP contribution in [0, 0.1) is 11.3 Å². The van der Waals surface area contributed by atoms with Crippen LogP contribution < -0.4 is 9.64 Å². The normalized spacial score (nSPS) is 33.0. The Hall–Kier alpha value is -4.78. The second kappa shape index (κ2) is 15.5. The smallest absolute Gasteiger partial charge is 0.344 e. The van der Waals surface area contributed by atoms with Crippen LogP contribution in [0.5, 0.6) is 5.75 Å². The van der Waals surface area contributed by atoms with E-state index in [9.17, 15) is 14.7 Å². The minimum atomic E-state index is -5.17. The van der Waals surface area contributed by atoms with Gasteiger partial charge in [-0.25, -0.2) is 4.79 Å². The van der Waals surface area contributed by atoms with Gasteiger partial charge in [-0.3, -0.25) is 27.8 Å². The van der Waals surface area contributed by atoms with Crippen molar-refractivity contribution < 1.29 is 56.0 Å². The van der Waals surface area contributed by atoms with Gasteiger partial charge in [0.05, 0.1) is 27.4 Å². The molecule has 1 spiro atoms. The third kappa shape index (κ3) is 6.25. The van der Waals surface area contributed by atoms with E-state index in [0.29, 0.717) is 50.2 Å². The minimum absolute atomic E-state index is 0.0284. The lowest BCUT2D eigenvalue weighted by atomic mass is 9.47. The molecule has 0 radical (unpaired) electrons. The molecule has 9 atom stereocenters. The molecule has 2 fully saturated rings. The number of para-hydroxylation sites is 1. The maximum absolute atomic E-state index is 15.2. The van der Waals surface area contributed by atoms with Crippen LogP contribution in [0.1, 0.15) is 68.8 Å². The summed E-state index contributed by atoms with van der Waals surface area (Å²) in [7, 11) is 1.06. The number of aromatic nitrogens is 1. The van der Waals surface area contributed by atoms with Crippen LogP contribution in [-0.4, -0.2) is 134 Å². The molecule has 2 unspecified atom stereocenters. The van der Waals surface area contributed by atoms with E-state index in [1.807, 2.05) is 37.1 Å². The molecule has 1 saturated carbocycles. The summed E-state index contributed by atoms with van der Waals surface area (Å²) in [6.45, 7) is 9.19. The number of hydrogen-bond acceptors (Lipinski definition) is 15. The number of likely N-dealkylation sites (N-methyl/N-ethyl adjacent to an activating group) is 1. The van der Waals surface area contributed by atoms with Gasteiger partial charge in [0.1, 0.15) is 11.2 Å². The number of carbonyl (C=O) groups is 3. The largest absolute Gasteiger partial charge is 0.759 e. The van der Waals surface area contributed by atoms with Gasteiger partial charge in [0.15, 0.2) is 6.10 Å². The first-order valence-electron chi connectivity index (χ1n) is 21.0. The highest BCUT2D eigenvalue weighted by molar-refractivity contribution is 7.79. The second-order valence-electron chi connectivity index (χ2n) is 17.6. The fraction of sp³-hybridized carbons (Fsp3) is 0.533. The number of anilines is 1. The first-order chi connectivity index (χ1) is 29.4. The highest BCUT2D eigenvalue weighted by Gasteiger charge is 2.80. The summed E-state index contributed by atoms with van der Waals surface area (Å²) < 4.78 is 58.0. The molecule has 1 aliphatic carbocycles. The van der Waals surface area contributed by atoms with E-state index in [2.05, 4.69) is 58.1 Å². The number of aromatic amines is 1. The van der Waals surface area contributed by atoms with E-state index in [0.717, 1.165) is 52.9 Å². The molecule has 2 N–H and O–H groups in total. The van der Waals surface area contributed by atoms with E-state index in [-0.39, 0.29) is 17.9 Å². The molecule has 1 aromatic heterocycles. The van der Waals surface area contributed by atoms with Crippen LogP contribution in [0.15, 0.2) is 60.2 Å². The summed E-state index contributed by atoms with van der Waals surface area (Å²) in [5.74, 6) is -1.31. The fourth-order valence-corrected chi connectivity index (χ4v) is 12.8. The van der Waals surface area contributed by atoms with Crippen molar-refractivity contribution in [1.82, 2.24) is 14.8 Å². The average Bonchev–Trinajstić information content (AvgIpc) is 3.89. The summed E-state index contributed by atoms with van der Waals surface area (Å²) in [5, 5.41) is 14.4. The maximum Gasteiger partial charge on any atom is 0.344 e. The zero-order valence-electron chi connectivity index (χ0n) is 36.1. The van der Waals surface area contributed by atoms with Crippen molar-refractivity contribution >= 4 is 44.9 Å². The zero-order valence-corrected chi connectivity index (χ0v) is 36.9. The number of esters is 3. The fourth-order valence-electron chi connectivity index (χ4n) is 12.8. The average molecular weight is 875 g/mol. The number of aliphatic hydroxyl groups is 1. The Morgan fingerprint density at radius 3 is 2.35 bits per heavy atom. The van der Waals surface area contributed by atoms with Gasteiger partial charge >= 0.3 is 17.9 Å². The van der Waals surface area contributed by atoms with Gasteiger partial charge in [-0.15, -0.1) is 0 Å². The number of hydrogen-bond donors (Lipinski definition) is 2. The summed E-state index contributed by atoms with van der Waals surface area (Å²) >= 11 is 0. The Labute approximate surface area is 361 Å². The number of ether oxygens (including phenoxy) is 4. The lowest BCUT2D eigenvalue weighted by Crippen LogP contribution is -2.81. The number of carbonyl (C=O) groups excluding carboxylic acids is 3. The molecule has 2 bridgehead atoms. The van der Waals surface area contributed by atoms with Crippen molar-refractivity contribution in [3.63, 3.8) is 0 Å². The minimum Gasteiger partial charge on any atom is -0.759 e. The van der Waals surface area contributed by atoms with E-state index < -0.39 is 56.3 Å². The van der Waals surface area contributed by atoms with Gasteiger partial charge in [0.25, 0.3) is 0 Å². The van der Waals surface area contributed by atoms with Crippen molar-refractivity contribution in [2.75, 3.05) is 59.5 Å². The number of fused-ring (bicyclic) bond motifs is 6. The van der Waals surface area contributed by atoms with Crippen molar-refractivity contribution in [2.24, 2.45) is 11.3 Å². The van der Waals surface area contributed by atoms with Crippen molar-refractivity contribution in [1.29, 1.82) is 0 Å². The number of nitrogens with zero attached hydrogens (tertiary/aromatic N) is 3. The topological polar surface area (TPSA) is 214 Å². The summed E-state index contributed by atoms with van der Waals surface area (Å²) in [4.78, 5) is 53.1. The Bertz CT molecular complexity index is 2500. The number of rotatable bonds is 7. The summed E-state index contributed by atoms with van der Waals surface area (Å²) in [6, 6.07) is 11.2. The van der Waals surface area contributed by atoms with Gasteiger partial charge in [-0.05, 0) is 61.4 Å². The van der Waals surface area contributed by atoms with Crippen LogP contribution >= 0.6 is 0 Å². The molecule has 6 heterocycles. The first kappa shape index (κ1) is 43.9. The molecule has 2 aromatic carbocycles. The highest BCUT2D eigenvalue weighted by atomic mass is 32.3. The van der Waals surface area contributed by atoms with Crippen LogP contribution in [0.25, 0.3) is 10.9 Å². The lowest BCUT2D eigenvalue weighted by Gasteiger charge is -2.63. The van der Waals surface area contributed by atoms with Crippen LogP contribution in [0.2, 0.25) is 0 Å². The second-order valence-corrected chi connectivity index (χ2v) is 18.4. The molecule has 6 aliphatic rings. The van der Waals surface area contributed by atoms with E-state index in [1.165, 1.54) is 26.7 Å². The molecule has 9 rings (SSSR count). The SMILES string of the molecule is CCC1=CC2CN(C1)Cc1c([nH]c3ccccc13)[C@@](C(=O)OC)(c1cc3c(cc1OC)N(C)[C@H]1[C@@](O)(C(=O)OC)[C@H](OC(C)=O)[C@]4(CC)C=CCN5CC[C@]31[C@@H]54)C2.O=S(=O)([O-])[O-]. The molecule has 16 nitrogen and oxygen atoms in total. The first-order valence-corrected chi connectivity index (χ1v) is 22.3. The van der Waals surface area contributed by atoms with Crippen molar-refractivity contribution in [3.05, 3.63) is 82.6 Å². The van der Waals surface area contributed by atoms with Gasteiger partial charge in [0.2, 0.25) is 5.60 Å². The predicted molar refractivity (Wildman–Crippen MR) is 225 cm³/mol. The van der Waals surface area contributed by atoms with Crippen molar-refractivity contribution in [3.8, 4) is 5.75 Å². The highest BCUT2D eigenvalue weighted by Crippen LogP contribution is 2.68. The molecule has 62 heavy (non-hydrogen) atoms. The van der Waals surface area contributed by atoms with Gasteiger partial charge in [-0.2, -0.15) is 0 Å². The molecule has 1 saturated heterocycles. The van der Waals surface area contributed by atoms with Crippen molar-refractivity contribution in [2.45, 2.75) is 87.6 Å². The summed E-state index contributed by atoms with van der Waals surface area (Å²) in [6.07, 6.45) is 7.67. The summed E-state index contributed by atoms with van der Waals surface area (Å²) in [5.41, 5.74) is 1.05. The third-order valence-electron chi connectivity index (χ3n) is 14.8. The van der Waals surface area contributed by atoms with E-state index in [1.54, 1.807) is 7.11 Å². The standard InChI is InChI=1S/C45H54N4O8.H2O4S/c1-8-27-19-28-22-44(40(51)55-6,36-30(25-48(23-27)24-28)29-13-10-11-14-33(29)46-36)32-20-31-34(21-35(32)54-5)47(4)38-43(31)16-18-49-17-12-15-42(9-2,37(43)49)39(57-26(3)50)45(38,53)41(52)56-7;1-5(2,3)4/h10-15,19-21,28,37-39,46,53H,8-9,16-18,22-25H2,1-7H3;(H2,1,2,3,4)/p-2/t28?,37-,38+,39+,42+,43+,44-,45-;/m0./s1. The lowest BCUT2D eigenvalue weighted by molar-refractivity contribution is -0.228. The Balaban J connectivity index is 0.00000100. The third-order valence-corrected chi connectivity index (χ3v) is 14.8. The quantitative estimate of drug-likeness (QED) is 0.114. The number of nitrogens with one attached hydrogen (secondary N) is 1. The van der Waals surface area contributed by atoms with Crippen LogP contribution in [0.3, 0.4) is 0 Å². The van der Waals surface area contributed by atoms with Crippen LogP contribution in [0.4, 0.5) is 5.69 Å². The maximum atomic E-state index is 15.2. The molecule has 334 valence electrons. The molecular formula is C45H54N4O12S-2. The molecular weight excluding hydrogens is 821 g/mol.